The summed E-state index contributed by atoms with van der Waals surface area (Å²) in [4.78, 5) is 11.1. The third kappa shape index (κ3) is 3.14. The molecule has 4 heteroatoms. The second-order valence-corrected chi connectivity index (χ2v) is 11.4. The summed E-state index contributed by atoms with van der Waals surface area (Å²) in [6.45, 7) is 7.16. The molecule has 0 bridgehead atoms. The van der Waals surface area contributed by atoms with Crippen molar-refractivity contribution in [2.24, 2.45) is 46.3 Å². The SMILES string of the molecule is C[C@@H](CCC(=O)O)[C@H]1CC[C@H]2[C@@H]3[C@H](O)C[C@H]4C[C@H](O)CC[C@]4(C)[C@H]3CC[C@]12C. The number of rotatable bonds is 4. The summed E-state index contributed by atoms with van der Waals surface area (Å²) in [6, 6.07) is 0. The minimum atomic E-state index is -0.684. The molecule has 4 saturated carbocycles. The Morgan fingerprint density at radius 1 is 1.00 bits per heavy atom. The van der Waals surface area contributed by atoms with Gasteiger partial charge in [0.25, 0.3) is 0 Å². The maximum absolute atomic E-state index is 11.2. The van der Waals surface area contributed by atoms with Crippen molar-refractivity contribution in [3.05, 3.63) is 0 Å². The molecule has 0 heterocycles. The van der Waals surface area contributed by atoms with E-state index in [9.17, 15) is 15.0 Å². The first-order valence-corrected chi connectivity index (χ1v) is 11.7. The fourth-order valence-corrected chi connectivity index (χ4v) is 8.73. The van der Waals surface area contributed by atoms with Crippen molar-refractivity contribution >= 4 is 5.97 Å². The normalized spacial score (nSPS) is 51.7. The summed E-state index contributed by atoms with van der Waals surface area (Å²) in [5, 5.41) is 30.5. The number of carboxylic acid groups (broad SMARTS) is 1. The van der Waals surface area contributed by atoms with Crippen molar-refractivity contribution in [2.75, 3.05) is 0 Å². The number of carboxylic acids is 1. The molecule has 4 aliphatic rings. The molecule has 0 spiro atoms. The Morgan fingerprint density at radius 3 is 2.39 bits per heavy atom. The molecular weight excluding hydrogens is 352 g/mol. The van der Waals surface area contributed by atoms with Crippen LogP contribution in [-0.2, 0) is 4.79 Å². The van der Waals surface area contributed by atoms with Crippen LogP contribution in [0.1, 0.15) is 85.0 Å². The molecule has 4 nitrogen and oxygen atoms in total. The molecule has 0 amide bonds. The lowest BCUT2D eigenvalue weighted by molar-refractivity contribution is -0.174. The summed E-state index contributed by atoms with van der Waals surface area (Å²) >= 11 is 0. The maximum Gasteiger partial charge on any atom is 0.303 e. The van der Waals surface area contributed by atoms with Crippen LogP contribution in [0, 0.1) is 46.3 Å². The van der Waals surface area contributed by atoms with Crippen LogP contribution < -0.4 is 0 Å². The van der Waals surface area contributed by atoms with Gasteiger partial charge < -0.3 is 15.3 Å². The zero-order valence-corrected chi connectivity index (χ0v) is 17.9. The van der Waals surface area contributed by atoms with E-state index in [-0.39, 0.29) is 29.5 Å². The predicted molar refractivity (Wildman–Crippen MR) is 109 cm³/mol. The van der Waals surface area contributed by atoms with Gasteiger partial charge in [0.2, 0.25) is 0 Å². The highest BCUT2D eigenvalue weighted by Crippen LogP contribution is 2.68. The van der Waals surface area contributed by atoms with Crippen molar-refractivity contribution < 1.29 is 20.1 Å². The van der Waals surface area contributed by atoms with Crippen LogP contribution in [0.15, 0.2) is 0 Å². The topological polar surface area (TPSA) is 77.8 Å². The van der Waals surface area contributed by atoms with Crippen molar-refractivity contribution in [2.45, 2.75) is 97.2 Å². The van der Waals surface area contributed by atoms with E-state index in [1.54, 1.807) is 0 Å². The fraction of sp³-hybridized carbons (Fsp3) is 0.958. The third-order valence-corrected chi connectivity index (χ3v) is 10.2. The van der Waals surface area contributed by atoms with E-state index in [4.69, 9.17) is 5.11 Å². The van der Waals surface area contributed by atoms with E-state index in [2.05, 4.69) is 20.8 Å². The Hall–Kier alpha value is -0.610. The van der Waals surface area contributed by atoms with E-state index >= 15 is 0 Å². The summed E-state index contributed by atoms with van der Waals surface area (Å²) in [7, 11) is 0. The minimum Gasteiger partial charge on any atom is -0.481 e. The van der Waals surface area contributed by atoms with E-state index in [0.29, 0.717) is 35.5 Å². The van der Waals surface area contributed by atoms with E-state index in [0.717, 1.165) is 32.1 Å². The van der Waals surface area contributed by atoms with Crippen molar-refractivity contribution in [3.8, 4) is 0 Å². The van der Waals surface area contributed by atoms with Crippen LogP contribution in [0.5, 0.6) is 0 Å². The highest BCUT2D eigenvalue weighted by molar-refractivity contribution is 5.66. The van der Waals surface area contributed by atoms with E-state index < -0.39 is 5.97 Å². The average Bonchev–Trinajstić information content (AvgIpc) is 2.98. The minimum absolute atomic E-state index is 0.179. The lowest BCUT2D eigenvalue weighted by Gasteiger charge is -2.62. The quantitative estimate of drug-likeness (QED) is 0.659. The number of aliphatic hydroxyl groups excluding tert-OH is 2. The molecule has 0 radical (unpaired) electrons. The summed E-state index contributed by atoms with van der Waals surface area (Å²) in [5.41, 5.74) is 0.523. The van der Waals surface area contributed by atoms with E-state index in [1.165, 1.54) is 25.7 Å². The van der Waals surface area contributed by atoms with Crippen molar-refractivity contribution in [1.29, 1.82) is 0 Å². The van der Waals surface area contributed by atoms with Gasteiger partial charge in [-0.2, -0.15) is 0 Å². The Balaban J connectivity index is 1.55. The zero-order chi connectivity index (χ0) is 20.3. The number of hydrogen-bond donors (Lipinski definition) is 3. The van der Waals surface area contributed by atoms with Gasteiger partial charge in [-0.3, -0.25) is 4.79 Å². The Morgan fingerprint density at radius 2 is 1.68 bits per heavy atom. The summed E-state index contributed by atoms with van der Waals surface area (Å²) < 4.78 is 0. The molecule has 3 N–H and O–H groups in total. The molecule has 0 saturated heterocycles. The maximum atomic E-state index is 11.2. The van der Waals surface area contributed by atoms with Crippen LogP contribution in [-0.4, -0.2) is 33.5 Å². The van der Waals surface area contributed by atoms with Crippen LogP contribution in [0.3, 0.4) is 0 Å². The van der Waals surface area contributed by atoms with Gasteiger partial charge in [0.05, 0.1) is 12.2 Å². The molecular formula is C24H40O4. The van der Waals surface area contributed by atoms with E-state index in [1.807, 2.05) is 0 Å². The summed E-state index contributed by atoms with van der Waals surface area (Å²) in [6.07, 6.45) is 9.19. The first-order chi connectivity index (χ1) is 13.2. The van der Waals surface area contributed by atoms with Gasteiger partial charge in [-0.15, -0.1) is 0 Å². The second-order valence-electron chi connectivity index (χ2n) is 11.4. The monoisotopic (exact) mass is 392 g/mol. The molecule has 160 valence electrons. The standard InChI is InChI=1S/C24H40O4/c1-14(4-7-21(27)28)17-5-6-18-22-19(9-11-24(17,18)3)23(2)10-8-16(25)12-15(23)13-20(22)26/h14-20,22,25-26H,4-13H2,1-3H3,(H,27,28)/t14-,15+,16+,17+,18-,19-,20+,22-,23-,24+/m0/s1. The van der Waals surface area contributed by atoms with Gasteiger partial charge >= 0.3 is 5.97 Å². The molecule has 0 aliphatic heterocycles. The lowest BCUT2D eigenvalue weighted by Crippen LogP contribution is -2.58. The highest BCUT2D eigenvalue weighted by atomic mass is 16.4. The van der Waals surface area contributed by atoms with Crippen LogP contribution in [0.4, 0.5) is 0 Å². The first-order valence-electron chi connectivity index (χ1n) is 11.7. The molecule has 10 atom stereocenters. The molecule has 4 aliphatic carbocycles. The first kappa shape index (κ1) is 20.7. The molecule has 4 rings (SSSR count). The second kappa shape index (κ2) is 7.27. The lowest BCUT2D eigenvalue weighted by atomic mass is 9.43. The fourth-order valence-electron chi connectivity index (χ4n) is 8.73. The predicted octanol–water partition coefficient (Wildman–Crippen LogP) is 4.48. The highest BCUT2D eigenvalue weighted by Gasteiger charge is 2.62. The van der Waals surface area contributed by atoms with Gasteiger partial charge in [0.1, 0.15) is 0 Å². The van der Waals surface area contributed by atoms with Crippen molar-refractivity contribution in [3.63, 3.8) is 0 Å². The third-order valence-electron chi connectivity index (χ3n) is 10.2. The Kier molecular flexibility index (Phi) is 5.36. The van der Waals surface area contributed by atoms with Crippen LogP contribution in [0.25, 0.3) is 0 Å². The van der Waals surface area contributed by atoms with Crippen LogP contribution >= 0.6 is 0 Å². The van der Waals surface area contributed by atoms with Crippen LogP contribution in [0.2, 0.25) is 0 Å². The molecule has 0 aromatic rings. The average molecular weight is 393 g/mol. The molecule has 0 aromatic heterocycles. The number of hydrogen-bond acceptors (Lipinski definition) is 3. The van der Waals surface area contributed by atoms with Gasteiger partial charge in [-0.25, -0.2) is 0 Å². The number of fused-ring (bicyclic) bond motifs is 5. The number of aliphatic hydroxyl groups is 2. The smallest absolute Gasteiger partial charge is 0.303 e. The zero-order valence-electron chi connectivity index (χ0n) is 17.9. The Labute approximate surface area is 170 Å². The molecule has 28 heavy (non-hydrogen) atoms. The number of aliphatic carboxylic acids is 1. The van der Waals surface area contributed by atoms with Gasteiger partial charge in [-0.1, -0.05) is 20.8 Å². The number of carbonyl (C=O) groups is 1. The summed E-state index contributed by atoms with van der Waals surface area (Å²) in [5.74, 6) is 2.36. The molecule has 0 unspecified atom stereocenters. The van der Waals surface area contributed by atoms with Gasteiger partial charge in [0.15, 0.2) is 0 Å². The molecule has 4 fully saturated rings. The largest absolute Gasteiger partial charge is 0.481 e. The van der Waals surface area contributed by atoms with Crippen molar-refractivity contribution in [1.82, 2.24) is 0 Å². The van der Waals surface area contributed by atoms with Gasteiger partial charge in [-0.05, 0) is 104 Å². The molecule has 0 aromatic carbocycles. The van der Waals surface area contributed by atoms with Gasteiger partial charge in [0, 0.05) is 6.42 Å². The Bertz CT molecular complexity index is 605.